The lowest BCUT2D eigenvalue weighted by Gasteiger charge is -2.29. The molecular weight excluding hydrogens is 272 g/mol. The molecule has 4 heteroatoms. The van der Waals surface area contributed by atoms with Gasteiger partial charge in [0.15, 0.2) is 9.84 Å². The van der Waals surface area contributed by atoms with Crippen LogP contribution in [0.3, 0.4) is 0 Å². The highest BCUT2D eigenvalue weighted by molar-refractivity contribution is 7.92. The Morgan fingerprint density at radius 1 is 0.950 bits per heavy atom. The fourth-order valence-corrected chi connectivity index (χ4v) is 4.62. The molecule has 3 nitrogen and oxygen atoms in total. The zero-order valence-electron chi connectivity index (χ0n) is 10.9. The fourth-order valence-electron chi connectivity index (χ4n) is 2.82. The first-order chi connectivity index (χ1) is 9.60. The van der Waals surface area contributed by atoms with Gasteiger partial charge in [0.05, 0.1) is 16.2 Å². The maximum absolute atomic E-state index is 12.6. The first-order valence-electron chi connectivity index (χ1n) is 6.65. The number of aliphatic hydroxyl groups is 1. The molecule has 0 unspecified atom stereocenters. The van der Waals surface area contributed by atoms with Crippen molar-refractivity contribution in [2.75, 3.05) is 0 Å². The molecule has 1 N–H and O–H groups in total. The highest BCUT2D eigenvalue weighted by Gasteiger charge is 2.37. The summed E-state index contributed by atoms with van der Waals surface area (Å²) in [5.74, 6) is 0. The van der Waals surface area contributed by atoms with E-state index in [0.717, 1.165) is 11.1 Å². The van der Waals surface area contributed by atoms with E-state index in [4.69, 9.17) is 0 Å². The van der Waals surface area contributed by atoms with Crippen LogP contribution in [0, 0.1) is 0 Å². The summed E-state index contributed by atoms with van der Waals surface area (Å²) in [5.41, 5.74) is 1.78. The Hall–Kier alpha value is -1.65. The van der Waals surface area contributed by atoms with Gasteiger partial charge in [-0.3, -0.25) is 0 Å². The van der Waals surface area contributed by atoms with E-state index in [1.165, 1.54) is 0 Å². The van der Waals surface area contributed by atoms with Crippen molar-refractivity contribution in [1.82, 2.24) is 0 Å². The number of hydrogen-bond donors (Lipinski definition) is 1. The summed E-state index contributed by atoms with van der Waals surface area (Å²) < 4.78 is 25.3. The van der Waals surface area contributed by atoms with E-state index >= 15 is 0 Å². The van der Waals surface area contributed by atoms with Crippen molar-refractivity contribution < 1.29 is 13.5 Å². The van der Waals surface area contributed by atoms with Gasteiger partial charge in [0, 0.05) is 0 Å². The molecule has 104 valence electrons. The van der Waals surface area contributed by atoms with Crippen molar-refractivity contribution in [3.8, 4) is 0 Å². The molecule has 0 aliphatic heterocycles. The summed E-state index contributed by atoms with van der Waals surface area (Å²) in [7, 11) is -3.50. The van der Waals surface area contributed by atoms with Gasteiger partial charge in [-0.15, -0.1) is 0 Å². The highest BCUT2D eigenvalue weighted by atomic mass is 32.2. The Kier molecular flexibility index (Phi) is 3.36. The predicted molar refractivity (Wildman–Crippen MR) is 77.1 cm³/mol. The van der Waals surface area contributed by atoms with Gasteiger partial charge in [0.2, 0.25) is 0 Å². The van der Waals surface area contributed by atoms with Crippen molar-refractivity contribution in [2.24, 2.45) is 0 Å². The van der Waals surface area contributed by atoms with Gasteiger partial charge in [0.1, 0.15) is 0 Å². The van der Waals surface area contributed by atoms with Gasteiger partial charge in [-0.1, -0.05) is 42.5 Å². The Morgan fingerprint density at radius 2 is 1.60 bits per heavy atom. The molecule has 0 bridgehead atoms. The maximum atomic E-state index is 12.6. The lowest BCUT2D eigenvalue weighted by Crippen LogP contribution is -2.33. The summed E-state index contributed by atoms with van der Waals surface area (Å²) in [6.07, 6.45) is 0.185. The minimum absolute atomic E-state index is 0.281. The number of rotatable bonds is 2. The first kappa shape index (κ1) is 13.3. The van der Waals surface area contributed by atoms with Crippen LogP contribution in [-0.4, -0.2) is 18.8 Å². The SMILES string of the molecule is O=S(=O)(c1ccccc1)[C@H]1CCc2ccccc2[C@H]1O. The molecule has 1 aliphatic rings. The van der Waals surface area contributed by atoms with Gasteiger partial charge in [-0.2, -0.15) is 0 Å². The van der Waals surface area contributed by atoms with Crippen molar-refractivity contribution in [1.29, 1.82) is 0 Å². The van der Waals surface area contributed by atoms with Crippen LogP contribution in [0.15, 0.2) is 59.5 Å². The molecule has 2 aromatic carbocycles. The molecule has 0 heterocycles. The number of hydrogen-bond acceptors (Lipinski definition) is 3. The Morgan fingerprint density at radius 3 is 2.35 bits per heavy atom. The van der Waals surface area contributed by atoms with E-state index in [1.807, 2.05) is 24.3 Å². The summed E-state index contributed by atoms with van der Waals surface area (Å²) in [6, 6.07) is 15.9. The van der Waals surface area contributed by atoms with Crippen LogP contribution in [0.1, 0.15) is 23.7 Å². The van der Waals surface area contributed by atoms with Gasteiger partial charge in [-0.25, -0.2) is 8.42 Å². The van der Waals surface area contributed by atoms with Crippen molar-refractivity contribution in [2.45, 2.75) is 29.1 Å². The number of fused-ring (bicyclic) bond motifs is 1. The third kappa shape index (κ3) is 2.15. The second-order valence-corrected chi connectivity index (χ2v) is 7.25. The third-order valence-corrected chi connectivity index (χ3v) is 6.11. The maximum Gasteiger partial charge on any atom is 0.184 e. The molecule has 0 radical (unpaired) electrons. The minimum Gasteiger partial charge on any atom is -0.387 e. The van der Waals surface area contributed by atoms with Crippen molar-refractivity contribution in [3.63, 3.8) is 0 Å². The molecule has 20 heavy (non-hydrogen) atoms. The van der Waals surface area contributed by atoms with Crippen LogP contribution in [0.4, 0.5) is 0 Å². The summed E-state index contributed by atoms with van der Waals surface area (Å²) in [4.78, 5) is 0.281. The second-order valence-electron chi connectivity index (χ2n) is 5.08. The van der Waals surface area contributed by atoms with Gasteiger partial charge in [-0.05, 0) is 36.1 Å². The van der Waals surface area contributed by atoms with E-state index in [2.05, 4.69) is 0 Å². The topological polar surface area (TPSA) is 54.4 Å². The smallest absolute Gasteiger partial charge is 0.184 e. The van der Waals surface area contributed by atoms with Crippen LogP contribution in [0.5, 0.6) is 0 Å². The van der Waals surface area contributed by atoms with E-state index in [1.54, 1.807) is 30.3 Å². The Balaban J connectivity index is 2.01. The number of benzene rings is 2. The number of aryl methyl sites for hydroxylation is 1. The minimum atomic E-state index is -3.50. The molecule has 0 spiro atoms. The van der Waals surface area contributed by atoms with Crippen molar-refractivity contribution >= 4 is 9.84 Å². The summed E-state index contributed by atoms with van der Waals surface area (Å²) >= 11 is 0. The molecule has 0 aromatic heterocycles. The van der Waals surface area contributed by atoms with Crippen LogP contribution >= 0.6 is 0 Å². The number of aliphatic hydroxyl groups excluding tert-OH is 1. The Labute approximate surface area is 118 Å². The van der Waals surface area contributed by atoms with Gasteiger partial charge in [0.25, 0.3) is 0 Å². The van der Waals surface area contributed by atoms with Crippen LogP contribution in [0.2, 0.25) is 0 Å². The fraction of sp³-hybridized carbons (Fsp3) is 0.250. The predicted octanol–water partition coefficient (Wildman–Crippen LogP) is 2.51. The van der Waals surface area contributed by atoms with Crippen LogP contribution in [-0.2, 0) is 16.3 Å². The van der Waals surface area contributed by atoms with E-state index < -0.39 is 21.2 Å². The monoisotopic (exact) mass is 288 g/mol. The molecule has 0 saturated heterocycles. The Bertz CT molecular complexity index is 708. The van der Waals surface area contributed by atoms with E-state index in [0.29, 0.717) is 12.8 Å². The lowest BCUT2D eigenvalue weighted by molar-refractivity contribution is 0.159. The molecule has 0 amide bonds. The van der Waals surface area contributed by atoms with Crippen LogP contribution in [0.25, 0.3) is 0 Å². The summed E-state index contributed by atoms with van der Waals surface area (Å²) in [6.45, 7) is 0. The average molecular weight is 288 g/mol. The molecule has 0 fully saturated rings. The standard InChI is InChI=1S/C16H16O3S/c17-16-14-9-5-4-6-12(14)10-11-15(16)20(18,19)13-7-2-1-3-8-13/h1-9,15-17H,10-11H2/t15-,16+/m0/s1. The quantitative estimate of drug-likeness (QED) is 0.924. The highest BCUT2D eigenvalue weighted by Crippen LogP contribution is 2.36. The molecule has 2 atom stereocenters. The van der Waals surface area contributed by atoms with Gasteiger partial charge >= 0.3 is 0 Å². The summed E-state index contributed by atoms with van der Waals surface area (Å²) in [5, 5.41) is 9.67. The number of sulfone groups is 1. The molecule has 2 aromatic rings. The normalized spacial score (nSPS) is 22.2. The molecule has 3 rings (SSSR count). The average Bonchev–Trinajstić information content (AvgIpc) is 2.48. The third-order valence-electron chi connectivity index (χ3n) is 3.89. The largest absolute Gasteiger partial charge is 0.387 e. The molecule has 0 saturated carbocycles. The molecule has 1 aliphatic carbocycles. The zero-order valence-corrected chi connectivity index (χ0v) is 11.8. The lowest BCUT2D eigenvalue weighted by atomic mass is 9.89. The van der Waals surface area contributed by atoms with Crippen molar-refractivity contribution in [3.05, 3.63) is 65.7 Å². The molecular formula is C16H16O3S. The first-order valence-corrected chi connectivity index (χ1v) is 8.20. The van der Waals surface area contributed by atoms with E-state index in [9.17, 15) is 13.5 Å². The van der Waals surface area contributed by atoms with Gasteiger partial charge < -0.3 is 5.11 Å². The van der Waals surface area contributed by atoms with Crippen LogP contribution < -0.4 is 0 Å². The van der Waals surface area contributed by atoms with E-state index in [-0.39, 0.29) is 4.90 Å². The zero-order chi connectivity index (χ0) is 14.2. The second kappa shape index (κ2) is 5.04.